The smallest absolute Gasteiger partial charge is 0.221 e. The van der Waals surface area contributed by atoms with Crippen molar-refractivity contribution >= 4 is 5.91 Å². The van der Waals surface area contributed by atoms with Gasteiger partial charge in [0.2, 0.25) is 5.91 Å². The fourth-order valence-corrected chi connectivity index (χ4v) is 2.28. The Balaban J connectivity index is 2.32. The number of nitrogens with two attached hydrogens (primary N) is 1. The van der Waals surface area contributed by atoms with Crippen LogP contribution in [0.15, 0.2) is 0 Å². The maximum absolute atomic E-state index is 11.2. The van der Waals surface area contributed by atoms with Gasteiger partial charge < -0.3 is 11.1 Å². The van der Waals surface area contributed by atoms with Crippen LogP contribution in [0.5, 0.6) is 0 Å². The highest BCUT2D eigenvalue weighted by Crippen LogP contribution is 2.67. The van der Waals surface area contributed by atoms with Crippen LogP contribution in [0.4, 0.5) is 0 Å². The summed E-state index contributed by atoms with van der Waals surface area (Å²) in [6.07, 6.45) is 0.438. The third-order valence-electron chi connectivity index (χ3n) is 4.19. The standard InChI is InChI=1S/C11H22N2O/c1-10(2)8(11(10,3)4)7-13-9(14)5-6-12/h8H,5-7,12H2,1-4H3,(H,13,14). The molecule has 0 radical (unpaired) electrons. The molecule has 3 heteroatoms. The quantitative estimate of drug-likeness (QED) is 0.711. The molecule has 0 aromatic carbocycles. The molecule has 0 aliphatic heterocycles. The Morgan fingerprint density at radius 2 is 1.79 bits per heavy atom. The number of carbonyl (C=O) groups is 1. The molecule has 0 aromatic heterocycles. The first kappa shape index (κ1) is 11.5. The summed E-state index contributed by atoms with van der Waals surface area (Å²) in [6.45, 7) is 10.3. The SMILES string of the molecule is CC1(C)C(CNC(=O)CCN)C1(C)C. The van der Waals surface area contributed by atoms with Crippen molar-refractivity contribution in [2.75, 3.05) is 13.1 Å². The molecule has 82 valence electrons. The fraction of sp³-hybridized carbons (Fsp3) is 0.909. The van der Waals surface area contributed by atoms with Crippen LogP contribution >= 0.6 is 0 Å². The average Bonchev–Trinajstić information content (AvgIpc) is 2.41. The zero-order chi connectivity index (χ0) is 11.0. The third-order valence-corrected chi connectivity index (χ3v) is 4.19. The van der Waals surface area contributed by atoms with Crippen LogP contribution in [0, 0.1) is 16.7 Å². The summed E-state index contributed by atoms with van der Waals surface area (Å²) in [4.78, 5) is 11.2. The number of hydrogen-bond donors (Lipinski definition) is 2. The molecule has 1 aliphatic rings. The second kappa shape index (κ2) is 3.54. The number of carbonyl (C=O) groups excluding carboxylic acids is 1. The van der Waals surface area contributed by atoms with E-state index in [0.717, 1.165) is 6.54 Å². The molecule has 0 spiro atoms. The maximum atomic E-state index is 11.2. The minimum atomic E-state index is 0.0750. The van der Waals surface area contributed by atoms with Gasteiger partial charge in [-0.05, 0) is 16.7 Å². The van der Waals surface area contributed by atoms with Crippen molar-refractivity contribution in [1.82, 2.24) is 5.32 Å². The van der Waals surface area contributed by atoms with E-state index < -0.39 is 0 Å². The average molecular weight is 198 g/mol. The van der Waals surface area contributed by atoms with E-state index in [1.807, 2.05) is 0 Å². The molecular weight excluding hydrogens is 176 g/mol. The normalized spacial score (nSPS) is 23.2. The highest BCUT2D eigenvalue weighted by Gasteiger charge is 2.64. The van der Waals surface area contributed by atoms with E-state index in [0.29, 0.717) is 29.7 Å². The molecule has 0 aromatic rings. The Bertz CT molecular complexity index is 219. The molecular formula is C11H22N2O. The summed E-state index contributed by atoms with van der Waals surface area (Å²) in [7, 11) is 0. The maximum Gasteiger partial charge on any atom is 0.221 e. The molecule has 0 unspecified atom stereocenters. The van der Waals surface area contributed by atoms with E-state index >= 15 is 0 Å². The van der Waals surface area contributed by atoms with Crippen LogP contribution in [-0.2, 0) is 4.79 Å². The van der Waals surface area contributed by atoms with Crippen molar-refractivity contribution in [3.8, 4) is 0 Å². The molecule has 14 heavy (non-hydrogen) atoms. The molecule has 1 saturated carbocycles. The molecule has 1 amide bonds. The Hall–Kier alpha value is -0.570. The number of hydrogen-bond acceptors (Lipinski definition) is 2. The van der Waals surface area contributed by atoms with Crippen molar-refractivity contribution < 1.29 is 4.79 Å². The zero-order valence-corrected chi connectivity index (χ0v) is 9.68. The Morgan fingerprint density at radius 3 is 2.14 bits per heavy atom. The van der Waals surface area contributed by atoms with Crippen LogP contribution in [0.2, 0.25) is 0 Å². The zero-order valence-electron chi connectivity index (χ0n) is 9.68. The van der Waals surface area contributed by atoms with Crippen LogP contribution in [0.3, 0.4) is 0 Å². The molecule has 3 N–H and O–H groups in total. The minimum Gasteiger partial charge on any atom is -0.356 e. The highest BCUT2D eigenvalue weighted by atomic mass is 16.1. The Labute approximate surface area is 86.4 Å². The minimum absolute atomic E-state index is 0.0750. The number of nitrogens with one attached hydrogen (secondary N) is 1. The van der Waals surface area contributed by atoms with Crippen molar-refractivity contribution in [2.45, 2.75) is 34.1 Å². The van der Waals surface area contributed by atoms with E-state index in [1.54, 1.807) is 0 Å². The van der Waals surface area contributed by atoms with Crippen molar-refractivity contribution in [3.63, 3.8) is 0 Å². The molecule has 0 heterocycles. The van der Waals surface area contributed by atoms with Gasteiger partial charge in [0.25, 0.3) is 0 Å². The van der Waals surface area contributed by atoms with E-state index in [1.165, 1.54) is 0 Å². The van der Waals surface area contributed by atoms with Crippen LogP contribution in [0.1, 0.15) is 34.1 Å². The summed E-state index contributed by atoms with van der Waals surface area (Å²) in [5.74, 6) is 0.669. The van der Waals surface area contributed by atoms with Crippen molar-refractivity contribution in [2.24, 2.45) is 22.5 Å². The molecule has 0 bridgehead atoms. The summed E-state index contributed by atoms with van der Waals surface area (Å²) < 4.78 is 0. The predicted octanol–water partition coefficient (Wildman–Crippen LogP) is 1.13. The lowest BCUT2D eigenvalue weighted by molar-refractivity contribution is -0.120. The molecule has 0 saturated heterocycles. The third kappa shape index (κ3) is 1.78. The topological polar surface area (TPSA) is 55.1 Å². The van der Waals surface area contributed by atoms with Crippen LogP contribution in [-0.4, -0.2) is 19.0 Å². The monoisotopic (exact) mass is 198 g/mol. The Kier molecular flexibility index (Phi) is 2.91. The molecule has 1 rings (SSSR count). The molecule has 1 aliphatic carbocycles. The van der Waals surface area contributed by atoms with E-state index in [4.69, 9.17) is 5.73 Å². The number of rotatable bonds is 4. The van der Waals surface area contributed by atoms with Gasteiger partial charge in [-0.25, -0.2) is 0 Å². The van der Waals surface area contributed by atoms with E-state index in [2.05, 4.69) is 33.0 Å². The van der Waals surface area contributed by atoms with Gasteiger partial charge in [0.1, 0.15) is 0 Å². The summed E-state index contributed by atoms with van der Waals surface area (Å²) in [5.41, 5.74) is 6.00. The van der Waals surface area contributed by atoms with Gasteiger partial charge in [0, 0.05) is 19.5 Å². The van der Waals surface area contributed by atoms with Gasteiger partial charge in [-0.2, -0.15) is 0 Å². The lowest BCUT2D eigenvalue weighted by Crippen LogP contribution is -2.28. The van der Waals surface area contributed by atoms with Crippen LogP contribution < -0.4 is 11.1 Å². The van der Waals surface area contributed by atoms with Gasteiger partial charge >= 0.3 is 0 Å². The first-order valence-electron chi connectivity index (χ1n) is 5.31. The van der Waals surface area contributed by atoms with Gasteiger partial charge in [-0.1, -0.05) is 27.7 Å². The lowest BCUT2D eigenvalue weighted by atomic mass is 10.0. The lowest BCUT2D eigenvalue weighted by Gasteiger charge is -2.04. The summed E-state index contributed by atoms with van der Waals surface area (Å²) in [6, 6.07) is 0. The molecule has 3 nitrogen and oxygen atoms in total. The fourth-order valence-electron chi connectivity index (χ4n) is 2.28. The van der Waals surface area contributed by atoms with Gasteiger partial charge in [-0.15, -0.1) is 0 Å². The van der Waals surface area contributed by atoms with E-state index in [9.17, 15) is 4.79 Å². The van der Waals surface area contributed by atoms with Gasteiger partial charge in [0.15, 0.2) is 0 Å². The summed E-state index contributed by atoms with van der Waals surface area (Å²) >= 11 is 0. The number of amides is 1. The summed E-state index contributed by atoms with van der Waals surface area (Å²) in [5, 5.41) is 2.94. The molecule has 0 atom stereocenters. The van der Waals surface area contributed by atoms with Crippen molar-refractivity contribution in [1.29, 1.82) is 0 Å². The van der Waals surface area contributed by atoms with Crippen LogP contribution in [0.25, 0.3) is 0 Å². The van der Waals surface area contributed by atoms with Gasteiger partial charge in [0.05, 0.1) is 0 Å². The van der Waals surface area contributed by atoms with Gasteiger partial charge in [-0.3, -0.25) is 4.79 Å². The second-order valence-electron chi connectivity index (χ2n) is 5.34. The highest BCUT2D eigenvalue weighted by molar-refractivity contribution is 5.76. The first-order valence-corrected chi connectivity index (χ1v) is 5.31. The molecule has 1 fully saturated rings. The second-order valence-corrected chi connectivity index (χ2v) is 5.34. The van der Waals surface area contributed by atoms with E-state index in [-0.39, 0.29) is 5.91 Å². The predicted molar refractivity (Wildman–Crippen MR) is 57.7 cm³/mol. The largest absolute Gasteiger partial charge is 0.356 e. The Morgan fingerprint density at radius 1 is 1.29 bits per heavy atom. The first-order chi connectivity index (χ1) is 6.34. The van der Waals surface area contributed by atoms with Crippen molar-refractivity contribution in [3.05, 3.63) is 0 Å².